The van der Waals surface area contributed by atoms with Gasteiger partial charge in [-0.15, -0.1) is 0 Å². The van der Waals surface area contributed by atoms with E-state index in [-0.39, 0.29) is 28.6 Å². The number of sulfonamides is 1. The minimum absolute atomic E-state index is 0.0563. The summed E-state index contributed by atoms with van der Waals surface area (Å²) in [4.78, 5) is 16.6. The summed E-state index contributed by atoms with van der Waals surface area (Å²) >= 11 is 6.18. The Morgan fingerprint density at radius 1 is 1.18 bits per heavy atom. The van der Waals surface area contributed by atoms with Crippen molar-refractivity contribution in [3.8, 4) is 5.75 Å². The van der Waals surface area contributed by atoms with Gasteiger partial charge in [0, 0.05) is 30.4 Å². The molecule has 1 saturated heterocycles. The summed E-state index contributed by atoms with van der Waals surface area (Å²) in [6.45, 7) is 2.00. The van der Waals surface area contributed by atoms with Gasteiger partial charge in [-0.25, -0.2) is 18.1 Å². The number of morpholine rings is 1. The van der Waals surface area contributed by atoms with Gasteiger partial charge in [0.2, 0.25) is 10.0 Å². The molecule has 1 aromatic heterocycles. The van der Waals surface area contributed by atoms with Gasteiger partial charge in [-0.3, -0.25) is 4.79 Å². The fraction of sp³-hybridized carbons (Fsp3) is 0.286. The number of nitrogens with one attached hydrogen (secondary N) is 1. The van der Waals surface area contributed by atoms with Crippen molar-refractivity contribution in [2.75, 3.05) is 38.2 Å². The number of carbonyl (C=O) groups excluding carboxylic acids is 1. The highest BCUT2D eigenvalue weighted by Crippen LogP contribution is 2.27. The Kier molecular flexibility index (Phi) is 7.23. The third kappa shape index (κ3) is 5.69. The van der Waals surface area contributed by atoms with Crippen molar-refractivity contribution < 1.29 is 22.7 Å². The molecule has 1 aliphatic rings. The summed E-state index contributed by atoms with van der Waals surface area (Å²) in [7, 11) is -3.85. The molecule has 3 aromatic rings. The summed E-state index contributed by atoms with van der Waals surface area (Å²) in [6.07, 6.45) is 3.05. The van der Waals surface area contributed by atoms with E-state index in [2.05, 4.69) is 15.4 Å². The molecule has 0 unspecified atom stereocenters. The van der Waals surface area contributed by atoms with E-state index in [4.69, 9.17) is 21.1 Å². The third-order valence-electron chi connectivity index (χ3n) is 4.93. The van der Waals surface area contributed by atoms with Crippen LogP contribution in [0.4, 0.5) is 5.69 Å². The smallest absolute Gasteiger partial charge is 0.255 e. The van der Waals surface area contributed by atoms with E-state index in [1.807, 2.05) is 0 Å². The lowest BCUT2D eigenvalue weighted by Crippen LogP contribution is -2.40. The van der Waals surface area contributed by atoms with Crippen molar-refractivity contribution in [2.45, 2.75) is 11.4 Å². The maximum Gasteiger partial charge on any atom is 0.255 e. The molecule has 0 radical (unpaired) electrons. The molecule has 12 heteroatoms. The average Bonchev–Trinajstić information content (AvgIpc) is 3.33. The van der Waals surface area contributed by atoms with Gasteiger partial charge >= 0.3 is 0 Å². The Morgan fingerprint density at radius 3 is 2.76 bits per heavy atom. The predicted molar refractivity (Wildman–Crippen MR) is 121 cm³/mol. The van der Waals surface area contributed by atoms with Crippen LogP contribution in [0.15, 0.2) is 60.0 Å². The molecule has 1 fully saturated rings. The minimum atomic E-state index is -3.85. The maximum atomic E-state index is 13.0. The lowest BCUT2D eigenvalue weighted by Gasteiger charge is -2.26. The zero-order chi connectivity index (χ0) is 23.3. The van der Waals surface area contributed by atoms with E-state index >= 15 is 0 Å². The molecule has 1 aliphatic heterocycles. The molecule has 0 bridgehead atoms. The van der Waals surface area contributed by atoms with Crippen LogP contribution in [0.1, 0.15) is 10.4 Å². The standard InChI is InChI=1S/C21H22ClN5O5S/c22-19-5-4-16(12-20(19)33(29,30)27-7-9-31-10-8-27)21(28)25-17-2-1-3-18(13-17)32-11-6-26-15-23-14-24-26/h1-5,12-15H,6-11H2,(H,25,28). The van der Waals surface area contributed by atoms with Crippen molar-refractivity contribution >= 4 is 33.2 Å². The molecule has 1 N–H and O–H groups in total. The molecule has 2 heterocycles. The molecule has 1 amide bonds. The van der Waals surface area contributed by atoms with Gasteiger partial charge in [-0.2, -0.15) is 9.40 Å². The number of ether oxygens (including phenoxy) is 2. The number of amides is 1. The van der Waals surface area contributed by atoms with Crippen molar-refractivity contribution in [1.82, 2.24) is 19.1 Å². The predicted octanol–water partition coefficient (Wildman–Crippen LogP) is 2.28. The van der Waals surface area contributed by atoms with Crippen LogP contribution >= 0.6 is 11.6 Å². The van der Waals surface area contributed by atoms with Crippen molar-refractivity contribution in [1.29, 1.82) is 0 Å². The Balaban J connectivity index is 1.45. The monoisotopic (exact) mass is 491 g/mol. The summed E-state index contributed by atoms with van der Waals surface area (Å²) in [6, 6.07) is 11.1. The number of aromatic nitrogens is 3. The van der Waals surface area contributed by atoms with Gasteiger partial charge in [-0.1, -0.05) is 17.7 Å². The van der Waals surface area contributed by atoms with Gasteiger partial charge in [0.25, 0.3) is 5.91 Å². The first kappa shape index (κ1) is 23.2. The van der Waals surface area contributed by atoms with E-state index in [1.165, 1.54) is 28.8 Å². The van der Waals surface area contributed by atoms with Crippen LogP contribution in [0.3, 0.4) is 0 Å². The highest BCUT2D eigenvalue weighted by molar-refractivity contribution is 7.89. The van der Waals surface area contributed by atoms with Gasteiger partial charge in [0.05, 0.1) is 24.8 Å². The Labute approximate surface area is 196 Å². The number of rotatable bonds is 8. The number of halogens is 1. The second-order valence-corrected chi connectivity index (χ2v) is 9.46. The quantitative estimate of drug-likeness (QED) is 0.514. The fourth-order valence-corrected chi connectivity index (χ4v) is 5.15. The minimum Gasteiger partial charge on any atom is -0.492 e. The number of benzene rings is 2. The normalized spacial score (nSPS) is 14.7. The summed E-state index contributed by atoms with van der Waals surface area (Å²) in [5, 5.41) is 6.82. The van der Waals surface area contributed by atoms with Gasteiger partial charge < -0.3 is 14.8 Å². The zero-order valence-electron chi connectivity index (χ0n) is 17.6. The molecule has 10 nitrogen and oxygen atoms in total. The first-order chi connectivity index (χ1) is 15.9. The lowest BCUT2D eigenvalue weighted by molar-refractivity contribution is 0.0730. The molecule has 0 saturated carbocycles. The van der Waals surface area contributed by atoms with Crippen LogP contribution in [-0.2, 0) is 21.3 Å². The largest absolute Gasteiger partial charge is 0.492 e. The lowest BCUT2D eigenvalue weighted by atomic mass is 10.2. The van der Waals surface area contributed by atoms with Crippen LogP contribution in [0.25, 0.3) is 0 Å². The van der Waals surface area contributed by atoms with Crippen molar-refractivity contribution in [2.24, 2.45) is 0 Å². The highest BCUT2D eigenvalue weighted by Gasteiger charge is 2.29. The highest BCUT2D eigenvalue weighted by atomic mass is 35.5. The molecule has 2 aromatic carbocycles. The summed E-state index contributed by atoms with van der Waals surface area (Å²) < 4.78 is 39.9. The van der Waals surface area contributed by atoms with Crippen LogP contribution in [0.5, 0.6) is 5.75 Å². The average molecular weight is 492 g/mol. The van der Waals surface area contributed by atoms with E-state index < -0.39 is 15.9 Å². The van der Waals surface area contributed by atoms with Crippen LogP contribution in [0, 0.1) is 0 Å². The van der Waals surface area contributed by atoms with Crippen LogP contribution < -0.4 is 10.1 Å². The van der Waals surface area contributed by atoms with E-state index in [9.17, 15) is 13.2 Å². The first-order valence-electron chi connectivity index (χ1n) is 10.2. The topological polar surface area (TPSA) is 116 Å². The molecule has 33 heavy (non-hydrogen) atoms. The van der Waals surface area contributed by atoms with Crippen LogP contribution in [-0.4, -0.2) is 66.3 Å². The van der Waals surface area contributed by atoms with Gasteiger partial charge in [0.1, 0.15) is 29.9 Å². The summed E-state index contributed by atoms with van der Waals surface area (Å²) in [5.74, 6) is 0.101. The SMILES string of the molecule is O=C(Nc1cccc(OCCn2cncn2)c1)c1ccc(Cl)c(S(=O)(=O)N2CCOCC2)c1. The first-order valence-corrected chi connectivity index (χ1v) is 12.0. The number of carbonyl (C=O) groups is 1. The fourth-order valence-electron chi connectivity index (χ4n) is 3.24. The Morgan fingerprint density at radius 2 is 2.00 bits per heavy atom. The summed E-state index contributed by atoms with van der Waals surface area (Å²) in [5.41, 5.74) is 0.675. The van der Waals surface area contributed by atoms with Crippen molar-refractivity contribution in [3.63, 3.8) is 0 Å². The second kappa shape index (κ2) is 10.3. The molecular formula is C21H22ClN5O5S. The Bertz CT molecular complexity index is 1210. The Hall–Kier alpha value is -2.99. The maximum absolute atomic E-state index is 13.0. The van der Waals surface area contributed by atoms with E-state index in [0.717, 1.165) is 0 Å². The molecule has 174 valence electrons. The molecular weight excluding hydrogens is 470 g/mol. The second-order valence-electron chi connectivity index (χ2n) is 7.15. The number of anilines is 1. The number of hydrogen-bond acceptors (Lipinski definition) is 7. The molecule has 0 spiro atoms. The van der Waals surface area contributed by atoms with Crippen molar-refractivity contribution in [3.05, 3.63) is 65.7 Å². The molecule has 0 aliphatic carbocycles. The zero-order valence-corrected chi connectivity index (χ0v) is 19.1. The van der Waals surface area contributed by atoms with Gasteiger partial charge in [-0.05, 0) is 30.3 Å². The van der Waals surface area contributed by atoms with E-state index in [1.54, 1.807) is 35.3 Å². The van der Waals surface area contributed by atoms with Crippen LogP contribution in [0.2, 0.25) is 5.02 Å². The van der Waals surface area contributed by atoms with Gasteiger partial charge in [0.15, 0.2) is 0 Å². The third-order valence-corrected chi connectivity index (χ3v) is 7.31. The molecule has 0 atom stereocenters. The number of hydrogen-bond donors (Lipinski definition) is 1. The molecule has 4 rings (SSSR count). The number of nitrogens with zero attached hydrogens (tertiary/aromatic N) is 4. The van der Waals surface area contributed by atoms with E-state index in [0.29, 0.717) is 37.8 Å².